The molecule has 0 unspecified atom stereocenters. The van der Waals surface area contributed by atoms with Crippen LogP contribution >= 0.6 is 0 Å². The molecule has 1 heterocycles. The average molecular weight is 242 g/mol. The number of rotatable bonds is 4. The second-order valence-electron chi connectivity index (χ2n) is 3.56. The second kappa shape index (κ2) is 5.72. The molecule has 0 atom stereocenters. The largest absolute Gasteiger partial charge is 0.357 e. The third-order valence-corrected chi connectivity index (χ3v) is 2.15. The van der Waals surface area contributed by atoms with E-state index in [2.05, 4.69) is 30.8 Å². The molecule has 0 aliphatic heterocycles. The monoisotopic (exact) mass is 242 g/mol. The van der Waals surface area contributed by atoms with Gasteiger partial charge >= 0.3 is 0 Å². The van der Waals surface area contributed by atoms with Crippen LogP contribution < -0.4 is 10.7 Å². The lowest BCUT2D eigenvalue weighted by Crippen LogP contribution is -2.04. The molecular formula is C12H14N6. The van der Waals surface area contributed by atoms with Crippen LogP contribution in [0.4, 0.5) is 11.9 Å². The van der Waals surface area contributed by atoms with E-state index in [0.717, 1.165) is 5.56 Å². The number of anilines is 2. The summed E-state index contributed by atoms with van der Waals surface area (Å²) in [6.07, 6.45) is 1.71. The smallest absolute Gasteiger partial charge is 0.248 e. The van der Waals surface area contributed by atoms with Crippen molar-refractivity contribution < 1.29 is 0 Å². The van der Waals surface area contributed by atoms with Gasteiger partial charge in [0, 0.05) is 7.05 Å². The Labute approximate surface area is 105 Å². The number of nitrogens with one attached hydrogen (secondary N) is 2. The lowest BCUT2D eigenvalue weighted by molar-refractivity contribution is 0.971. The van der Waals surface area contributed by atoms with Gasteiger partial charge in [-0.2, -0.15) is 20.1 Å². The van der Waals surface area contributed by atoms with Gasteiger partial charge in [0.15, 0.2) is 0 Å². The maximum atomic E-state index is 4.13. The number of aryl methyl sites for hydroxylation is 1. The lowest BCUT2D eigenvalue weighted by Gasteiger charge is -2.02. The molecule has 0 aliphatic rings. The molecule has 0 aliphatic carbocycles. The molecule has 2 aromatic rings. The molecule has 92 valence electrons. The third kappa shape index (κ3) is 3.24. The number of benzene rings is 1. The summed E-state index contributed by atoms with van der Waals surface area (Å²) < 4.78 is 0. The van der Waals surface area contributed by atoms with Gasteiger partial charge in [-0.1, -0.05) is 30.3 Å². The van der Waals surface area contributed by atoms with E-state index >= 15 is 0 Å². The third-order valence-electron chi connectivity index (χ3n) is 2.15. The Morgan fingerprint density at radius 1 is 1.06 bits per heavy atom. The Balaban J connectivity index is 2.06. The summed E-state index contributed by atoms with van der Waals surface area (Å²) in [7, 11) is 1.76. The van der Waals surface area contributed by atoms with E-state index < -0.39 is 0 Å². The molecule has 0 saturated carbocycles. The average Bonchev–Trinajstić information content (AvgIpc) is 2.39. The molecule has 2 rings (SSSR count). The zero-order valence-electron chi connectivity index (χ0n) is 10.3. The summed E-state index contributed by atoms with van der Waals surface area (Å²) in [5.41, 5.74) is 3.78. The van der Waals surface area contributed by atoms with Crippen molar-refractivity contribution >= 4 is 18.1 Å². The van der Waals surface area contributed by atoms with Crippen LogP contribution in [0.25, 0.3) is 0 Å². The Bertz CT molecular complexity index is 538. The van der Waals surface area contributed by atoms with Crippen LogP contribution in [0.5, 0.6) is 0 Å². The standard InChI is InChI=1S/C12H14N6/c1-9-15-11(13-2)17-12(16-9)18-14-8-10-6-4-3-5-7-10/h3-8H,1-2H3,(H2,13,15,16,17,18). The van der Waals surface area contributed by atoms with E-state index in [0.29, 0.717) is 17.7 Å². The minimum Gasteiger partial charge on any atom is -0.357 e. The normalized spacial score (nSPS) is 10.6. The Morgan fingerprint density at radius 2 is 1.78 bits per heavy atom. The summed E-state index contributed by atoms with van der Waals surface area (Å²) in [6.45, 7) is 1.80. The van der Waals surface area contributed by atoms with Gasteiger partial charge in [0.25, 0.3) is 0 Å². The number of nitrogens with zero attached hydrogens (tertiary/aromatic N) is 4. The molecular weight excluding hydrogens is 228 g/mol. The van der Waals surface area contributed by atoms with Gasteiger partial charge in [0.2, 0.25) is 11.9 Å². The van der Waals surface area contributed by atoms with Crippen LogP contribution in [-0.4, -0.2) is 28.2 Å². The molecule has 0 bridgehead atoms. The molecule has 1 aromatic heterocycles. The van der Waals surface area contributed by atoms with E-state index in [1.165, 1.54) is 0 Å². The van der Waals surface area contributed by atoms with Crippen molar-refractivity contribution in [3.05, 3.63) is 41.7 Å². The number of hydrogen-bond acceptors (Lipinski definition) is 6. The maximum absolute atomic E-state index is 4.13. The first kappa shape index (κ1) is 12.0. The van der Waals surface area contributed by atoms with Gasteiger partial charge in [-0.3, -0.25) is 0 Å². The quantitative estimate of drug-likeness (QED) is 0.630. The minimum absolute atomic E-state index is 0.416. The predicted molar refractivity (Wildman–Crippen MR) is 71.8 cm³/mol. The highest BCUT2D eigenvalue weighted by atomic mass is 15.4. The fourth-order valence-corrected chi connectivity index (χ4v) is 1.35. The Morgan fingerprint density at radius 3 is 2.50 bits per heavy atom. The molecule has 6 heteroatoms. The van der Waals surface area contributed by atoms with Crippen LogP contribution in [0.15, 0.2) is 35.4 Å². The summed E-state index contributed by atoms with van der Waals surface area (Å²) in [5.74, 6) is 1.56. The van der Waals surface area contributed by atoms with Gasteiger partial charge < -0.3 is 5.32 Å². The summed E-state index contributed by atoms with van der Waals surface area (Å²) in [6, 6.07) is 9.78. The summed E-state index contributed by atoms with van der Waals surface area (Å²) in [4.78, 5) is 12.3. The highest BCUT2D eigenvalue weighted by molar-refractivity contribution is 5.79. The molecule has 0 spiro atoms. The van der Waals surface area contributed by atoms with E-state index in [1.54, 1.807) is 20.2 Å². The van der Waals surface area contributed by atoms with E-state index in [1.807, 2.05) is 30.3 Å². The SMILES string of the molecule is CNc1nc(C)nc(NN=Cc2ccccc2)n1. The van der Waals surface area contributed by atoms with Crippen molar-refractivity contribution in [2.24, 2.45) is 5.10 Å². The molecule has 0 saturated heterocycles. The van der Waals surface area contributed by atoms with Crippen LogP contribution in [0.1, 0.15) is 11.4 Å². The highest BCUT2D eigenvalue weighted by Gasteiger charge is 2.00. The van der Waals surface area contributed by atoms with Crippen LogP contribution in [0.3, 0.4) is 0 Å². The number of hydrogen-bond donors (Lipinski definition) is 2. The van der Waals surface area contributed by atoms with Crippen molar-refractivity contribution in [1.82, 2.24) is 15.0 Å². The van der Waals surface area contributed by atoms with E-state index in [9.17, 15) is 0 Å². The molecule has 1 aromatic carbocycles. The minimum atomic E-state index is 0.416. The van der Waals surface area contributed by atoms with Gasteiger partial charge in [-0.15, -0.1) is 0 Å². The lowest BCUT2D eigenvalue weighted by atomic mass is 10.2. The molecule has 18 heavy (non-hydrogen) atoms. The number of aromatic nitrogens is 3. The van der Waals surface area contributed by atoms with Gasteiger partial charge in [0.1, 0.15) is 5.82 Å². The van der Waals surface area contributed by atoms with Crippen molar-refractivity contribution in [2.45, 2.75) is 6.92 Å². The topological polar surface area (TPSA) is 75.1 Å². The fourth-order valence-electron chi connectivity index (χ4n) is 1.35. The Kier molecular flexibility index (Phi) is 3.80. The molecule has 0 radical (unpaired) electrons. The zero-order chi connectivity index (χ0) is 12.8. The van der Waals surface area contributed by atoms with E-state index in [4.69, 9.17) is 0 Å². The van der Waals surface area contributed by atoms with Crippen molar-refractivity contribution in [3.63, 3.8) is 0 Å². The first-order valence-corrected chi connectivity index (χ1v) is 5.52. The van der Waals surface area contributed by atoms with Crippen LogP contribution in [0.2, 0.25) is 0 Å². The van der Waals surface area contributed by atoms with Crippen LogP contribution in [0, 0.1) is 6.92 Å². The first-order valence-electron chi connectivity index (χ1n) is 5.52. The fraction of sp³-hybridized carbons (Fsp3) is 0.167. The van der Waals surface area contributed by atoms with Crippen molar-refractivity contribution in [2.75, 3.05) is 17.8 Å². The van der Waals surface area contributed by atoms with Crippen molar-refractivity contribution in [1.29, 1.82) is 0 Å². The van der Waals surface area contributed by atoms with Crippen molar-refractivity contribution in [3.8, 4) is 0 Å². The predicted octanol–water partition coefficient (Wildman–Crippen LogP) is 1.67. The molecule has 6 nitrogen and oxygen atoms in total. The molecule has 0 amide bonds. The first-order chi connectivity index (χ1) is 8.78. The molecule has 2 N–H and O–H groups in total. The Hall–Kier alpha value is -2.50. The van der Waals surface area contributed by atoms with E-state index in [-0.39, 0.29) is 0 Å². The number of hydrazone groups is 1. The second-order valence-corrected chi connectivity index (χ2v) is 3.56. The highest BCUT2D eigenvalue weighted by Crippen LogP contribution is 2.04. The van der Waals surface area contributed by atoms with Gasteiger partial charge in [0.05, 0.1) is 6.21 Å². The van der Waals surface area contributed by atoms with Crippen LogP contribution in [-0.2, 0) is 0 Å². The zero-order valence-corrected chi connectivity index (χ0v) is 10.3. The molecule has 0 fully saturated rings. The maximum Gasteiger partial charge on any atom is 0.248 e. The summed E-state index contributed by atoms with van der Waals surface area (Å²) >= 11 is 0. The van der Waals surface area contributed by atoms with Gasteiger partial charge in [-0.25, -0.2) is 5.43 Å². The summed E-state index contributed by atoms with van der Waals surface area (Å²) in [5, 5.41) is 6.94. The van der Waals surface area contributed by atoms with Gasteiger partial charge in [-0.05, 0) is 12.5 Å².